The molecule has 2 aromatic rings. The number of nitrogens with zero attached hydrogens (tertiary/aromatic N) is 1. The number of hydrogen-bond acceptors (Lipinski definition) is 2. The highest BCUT2D eigenvalue weighted by Crippen LogP contribution is 2.25. The van der Waals surface area contributed by atoms with Crippen LogP contribution in [0.5, 0.6) is 0 Å². The average Bonchev–Trinajstić information content (AvgIpc) is 2.78. The average molecular weight is 211 g/mol. The monoisotopic (exact) mass is 211 g/mol. The fourth-order valence-electron chi connectivity index (χ4n) is 1.53. The molecule has 0 fully saturated rings. The highest BCUT2D eigenvalue weighted by atomic mass is 16.3. The summed E-state index contributed by atoms with van der Waals surface area (Å²) >= 11 is 0. The molecule has 80 valence electrons. The molecule has 0 spiro atoms. The molecule has 16 heavy (non-hydrogen) atoms. The molecule has 0 bridgehead atoms. The van der Waals surface area contributed by atoms with Gasteiger partial charge in [0.15, 0.2) is 0 Å². The second kappa shape index (κ2) is 4.24. The van der Waals surface area contributed by atoms with E-state index in [2.05, 4.69) is 19.9 Å². The molecule has 2 heteroatoms. The zero-order valence-corrected chi connectivity index (χ0v) is 9.40. The van der Waals surface area contributed by atoms with E-state index in [4.69, 9.17) is 9.68 Å². The van der Waals surface area contributed by atoms with Gasteiger partial charge in [0.25, 0.3) is 0 Å². The Bertz CT molecular complexity index is 514. The lowest BCUT2D eigenvalue weighted by Crippen LogP contribution is -1.81. The van der Waals surface area contributed by atoms with Crippen LogP contribution in [0, 0.1) is 11.3 Å². The lowest BCUT2D eigenvalue weighted by molar-refractivity contribution is 0.498. The molecular formula is C14H13NO. The van der Waals surface area contributed by atoms with Gasteiger partial charge in [-0.1, -0.05) is 13.8 Å². The Kier molecular flexibility index (Phi) is 2.78. The van der Waals surface area contributed by atoms with Crippen molar-refractivity contribution in [3.8, 4) is 17.4 Å². The first-order valence-electron chi connectivity index (χ1n) is 5.31. The van der Waals surface area contributed by atoms with Gasteiger partial charge < -0.3 is 4.42 Å². The van der Waals surface area contributed by atoms with Crippen LogP contribution in [0.4, 0.5) is 0 Å². The summed E-state index contributed by atoms with van der Waals surface area (Å²) in [6, 6.07) is 13.5. The molecule has 0 radical (unpaired) electrons. The van der Waals surface area contributed by atoms with Crippen molar-refractivity contribution in [3.05, 3.63) is 47.7 Å². The molecule has 0 saturated heterocycles. The zero-order chi connectivity index (χ0) is 11.5. The van der Waals surface area contributed by atoms with Crippen LogP contribution in [0.2, 0.25) is 0 Å². The quantitative estimate of drug-likeness (QED) is 0.754. The predicted molar refractivity (Wildman–Crippen MR) is 62.9 cm³/mol. The SMILES string of the molecule is CC(C)c1ccc(-c2ccc(C#N)cc2)o1. The van der Waals surface area contributed by atoms with Crippen LogP contribution in [0.15, 0.2) is 40.8 Å². The molecular weight excluding hydrogens is 198 g/mol. The minimum absolute atomic E-state index is 0.395. The van der Waals surface area contributed by atoms with Gasteiger partial charge >= 0.3 is 0 Å². The first kappa shape index (κ1) is 10.5. The summed E-state index contributed by atoms with van der Waals surface area (Å²) in [6.07, 6.45) is 0. The molecule has 0 aliphatic rings. The van der Waals surface area contributed by atoms with Gasteiger partial charge in [0.05, 0.1) is 11.6 Å². The highest BCUT2D eigenvalue weighted by molar-refractivity contribution is 5.58. The van der Waals surface area contributed by atoms with Gasteiger partial charge in [0.1, 0.15) is 11.5 Å². The standard InChI is InChI=1S/C14H13NO/c1-10(2)13-7-8-14(16-13)12-5-3-11(9-15)4-6-12/h3-8,10H,1-2H3. The van der Waals surface area contributed by atoms with Gasteiger partial charge in [-0.2, -0.15) is 5.26 Å². The van der Waals surface area contributed by atoms with Crippen LogP contribution in [0.3, 0.4) is 0 Å². The number of benzene rings is 1. The first-order chi connectivity index (χ1) is 7.70. The van der Waals surface area contributed by atoms with E-state index in [9.17, 15) is 0 Å². The molecule has 0 amide bonds. The van der Waals surface area contributed by atoms with Crippen LogP contribution in [0.25, 0.3) is 11.3 Å². The Balaban J connectivity index is 2.32. The Labute approximate surface area is 95.1 Å². The molecule has 2 nitrogen and oxygen atoms in total. The molecule has 2 rings (SSSR count). The third kappa shape index (κ3) is 1.99. The third-order valence-electron chi connectivity index (χ3n) is 2.49. The van der Waals surface area contributed by atoms with Gasteiger partial charge in [-0.25, -0.2) is 0 Å². The second-order valence-electron chi connectivity index (χ2n) is 4.05. The lowest BCUT2D eigenvalue weighted by Gasteiger charge is -1.99. The number of nitriles is 1. The Morgan fingerprint density at radius 2 is 1.75 bits per heavy atom. The Morgan fingerprint density at radius 1 is 1.06 bits per heavy atom. The van der Waals surface area contributed by atoms with Crippen molar-refractivity contribution in [2.45, 2.75) is 19.8 Å². The maximum absolute atomic E-state index is 8.70. The van der Waals surface area contributed by atoms with E-state index in [0.717, 1.165) is 17.1 Å². The number of rotatable bonds is 2. The Morgan fingerprint density at radius 3 is 2.25 bits per heavy atom. The summed E-state index contributed by atoms with van der Waals surface area (Å²) in [6.45, 7) is 4.20. The molecule has 0 aliphatic heterocycles. The van der Waals surface area contributed by atoms with Crippen LogP contribution < -0.4 is 0 Å². The van der Waals surface area contributed by atoms with E-state index in [-0.39, 0.29) is 0 Å². The van der Waals surface area contributed by atoms with Gasteiger partial charge in [0, 0.05) is 11.5 Å². The normalized spacial score (nSPS) is 10.4. The molecule has 0 aliphatic carbocycles. The summed E-state index contributed by atoms with van der Waals surface area (Å²) in [5.41, 5.74) is 1.67. The maximum Gasteiger partial charge on any atom is 0.134 e. The molecule has 0 atom stereocenters. The third-order valence-corrected chi connectivity index (χ3v) is 2.49. The van der Waals surface area contributed by atoms with E-state index < -0.39 is 0 Å². The molecule has 1 aromatic heterocycles. The summed E-state index contributed by atoms with van der Waals surface area (Å²) < 4.78 is 5.72. The predicted octanol–water partition coefficient (Wildman–Crippen LogP) is 3.94. The zero-order valence-electron chi connectivity index (χ0n) is 9.40. The molecule has 1 aromatic carbocycles. The molecule has 0 N–H and O–H groups in total. The Hall–Kier alpha value is -2.01. The smallest absolute Gasteiger partial charge is 0.134 e. The van der Waals surface area contributed by atoms with Gasteiger partial charge in [0.2, 0.25) is 0 Å². The fraction of sp³-hybridized carbons (Fsp3) is 0.214. The maximum atomic E-state index is 8.70. The fourth-order valence-corrected chi connectivity index (χ4v) is 1.53. The van der Waals surface area contributed by atoms with Gasteiger partial charge in [-0.15, -0.1) is 0 Å². The van der Waals surface area contributed by atoms with Crippen LogP contribution in [0.1, 0.15) is 31.1 Å². The van der Waals surface area contributed by atoms with E-state index in [1.807, 2.05) is 24.3 Å². The first-order valence-corrected chi connectivity index (χ1v) is 5.31. The number of hydrogen-bond donors (Lipinski definition) is 0. The van der Waals surface area contributed by atoms with Crippen molar-refractivity contribution < 1.29 is 4.42 Å². The summed E-state index contributed by atoms with van der Waals surface area (Å²) in [7, 11) is 0. The van der Waals surface area contributed by atoms with Crippen LogP contribution >= 0.6 is 0 Å². The summed E-state index contributed by atoms with van der Waals surface area (Å²) in [5.74, 6) is 2.24. The minimum atomic E-state index is 0.395. The van der Waals surface area contributed by atoms with E-state index >= 15 is 0 Å². The van der Waals surface area contributed by atoms with E-state index in [1.165, 1.54) is 0 Å². The van der Waals surface area contributed by atoms with Crippen molar-refractivity contribution in [1.29, 1.82) is 5.26 Å². The van der Waals surface area contributed by atoms with Crippen LogP contribution in [-0.2, 0) is 0 Å². The molecule has 1 heterocycles. The summed E-state index contributed by atoms with van der Waals surface area (Å²) in [4.78, 5) is 0. The van der Waals surface area contributed by atoms with Crippen molar-refractivity contribution in [1.82, 2.24) is 0 Å². The molecule has 0 unspecified atom stereocenters. The topological polar surface area (TPSA) is 36.9 Å². The van der Waals surface area contributed by atoms with Crippen molar-refractivity contribution in [3.63, 3.8) is 0 Å². The second-order valence-corrected chi connectivity index (χ2v) is 4.05. The largest absolute Gasteiger partial charge is 0.461 e. The van der Waals surface area contributed by atoms with Crippen molar-refractivity contribution in [2.24, 2.45) is 0 Å². The van der Waals surface area contributed by atoms with E-state index in [0.29, 0.717) is 11.5 Å². The lowest BCUT2D eigenvalue weighted by atomic mass is 10.1. The van der Waals surface area contributed by atoms with E-state index in [1.54, 1.807) is 12.1 Å². The highest BCUT2D eigenvalue weighted by Gasteiger charge is 2.07. The van der Waals surface area contributed by atoms with Gasteiger partial charge in [-0.05, 0) is 36.4 Å². The van der Waals surface area contributed by atoms with Gasteiger partial charge in [-0.3, -0.25) is 0 Å². The molecule has 0 saturated carbocycles. The van der Waals surface area contributed by atoms with Crippen molar-refractivity contribution in [2.75, 3.05) is 0 Å². The minimum Gasteiger partial charge on any atom is -0.461 e. The summed E-state index contributed by atoms with van der Waals surface area (Å²) in [5, 5.41) is 8.70. The number of furan rings is 1. The van der Waals surface area contributed by atoms with Crippen LogP contribution in [-0.4, -0.2) is 0 Å². The van der Waals surface area contributed by atoms with Crippen molar-refractivity contribution >= 4 is 0 Å².